The summed E-state index contributed by atoms with van der Waals surface area (Å²) < 4.78 is 16.1. The minimum atomic E-state index is -0.134. The normalized spacial score (nSPS) is 25.8. The number of hydrogen-bond acceptors (Lipinski definition) is 5. The average Bonchev–Trinajstić information content (AvgIpc) is 3.00. The fraction of sp³-hybridized carbons (Fsp3) is 0.882. The van der Waals surface area contributed by atoms with Gasteiger partial charge in [-0.15, -0.1) is 0 Å². The van der Waals surface area contributed by atoms with Gasteiger partial charge in [-0.25, -0.2) is 0 Å². The average molecular weight is 341 g/mol. The first-order valence-electron chi connectivity index (χ1n) is 8.88. The molecule has 0 aromatic rings. The summed E-state index contributed by atoms with van der Waals surface area (Å²) in [7, 11) is 3.22. The molecule has 2 fully saturated rings. The number of aliphatic imine (C=N–C) groups is 1. The van der Waals surface area contributed by atoms with Gasteiger partial charge >= 0.3 is 5.97 Å². The second-order valence-corrected chi connectivity index (χ2v) is 6.52. The van der Waals surface area contributed by atoms with E-state index >= 15 is 0 Å². The maximum atomic E-state index is 11.8. The van der Waals surface area contributed by atoms with Crippen LogP contribution in [-0.2, 0) is 19.0 Å². The van der Waals surface area contributed by atoms with Crippen molar-refractivity contribution in [2.45, 2.75) is 32.3 Å². The lowest BCUT2D eigenvalue weighted by molar-refractivity contribution is -0.145. The molecule has 2 rings (SSSR count). The first-order chi connectivity index (χ1) is 11.7. The smallest absolute Gasteiger partial charge is 0.310 e. The van der Waals surface area contributed by atoms with Gasteiger partial charge in [-0.1, -0.05) is 6.92 Å². The Kier molecular flexibility index (Phi) is 7.78. The minimum Gasteiger partial charge on any atom is -0.469 e. The van der Waals surface area contributed by atoms with E-state index in [-0.39, 0.29) is 17.8 Å². The first kappa shape index (κ1) is 19.0. The summed E-state index contributed by atoms with van der Waals surface area (Å²) in [6, 6.07) is 0. The SMILES string of the molecule is CN=C(NCCCOC1CCOCC1)N1CC(C)C(C(=O)OC)C1. The molecule has 2 heterocycles. The second kappa shape index (κ2) is 9.84. The molecule has 0 saturated carbocycles. The summed E-state index contributed by atoms with van der Waals surface area (Å²) in [6.07, 6.45) is 3.27. The van der Waals surface area contributed by atoms with Gasteiger partial charge in [0.1, 0.15) is 0 Å². The van der Waals surface area contributed by atoms with E-state index in [1.54, 1.807) is 7.05 Å². The number of likely N-dealkylation sites (tertiary alicyclic amines) is 1. The van der Waals surface area contributed by atoms with Crippen molar-refractivity contribution in [3.05, 3.63) is 0 Å². The molecule has 138 valence electrons. The molecule has 2 unspecified atom stereocenters. The molecular formula is C17H31N3O4. The summed E-state index contributed by atoms with van der Waals surface area (Å²) in [5.74, 6) is 0.905. The lowest BCUT2D eigenvalue weighted by Crippen LogP contribution is -2.41. The largest absolute Gasteiger partial charge is 0.469 e. The Morgan fingerprint density at radius 1 is 1.33 bits per heavy atom. The van der Waals surface area contributed by atoms with Crippen molar-refractivity contribution >= 4 is 11.9 Å². The van der Waals surface area contributed by atoms with Gasteiger partial charge in [0.2, 0.25) is 0 Å². The molecule has 2 saturated heterocycles. The van der Waals surface area contributed by atoms with Crippen LogP contribution in [0.15, 0.2) is 4.99 Å². The lowest BCUT2D eigenvalue weighted by atomic mass is 9.99. The number of carbonyl (C=O) groups is 1. The van der Waals surface area contributed by atoms with Crippen molar-refractivity contribution in [3.63, 3.8) is 0 Å². The van der Waals surface area contributed by atoms with Gasteiger partial charge in [-0.3, -0.25) is 9.79 Å². The maximum absolute atomic E-state index is 11.8. The van der Waals surface area contributed by atoms with Crippen LogP contribution in [0.25, 0.3) is 0 Å². The molecule has 2 aliphatic heterocycles. The fourth-order valence-corrected chi connectivity index (χ4v) is 3.30. The molecule has 24 heavy (non-hydrogen) atoms. The number of guanidine groups is 1. The highest BCUT2D eigenvalue weighted by atomic mass is 16.5. The van der Waals surface area contributed by atoms with E-state index in [1.807, 2.05) is 0 Å². The third kappa shape index (κ3) is 5.34. The van der Waals surface area contributed by atoms with Crippen LogP contribution in [0.4, 0.5) is 0 Å². The van der Waals surface area contributed by atoms with Gasteiger partial charge < -0.3 is 24.4 Å². The van der Waals surface area contributed by atoms with Crippen LogP contribution in [0.5, 0.6) is 0 Å². The summed E-state index contributed by atoms with van der Waals surface area (Å²) in [4.78, 5) is 18.3. The van der Waals surface area contributed by atoms with E-state index in [4.69, 9.17) is 14.2 Å². The zero-order valence-electron chi connectivity index (χ0n) is 15.1. The Morgan fingerprint density at radius 3 is 2.75 bits per heavy atom. The molecule has 2 aliphatic rings. The van der Waals surface area contributed by atoms with E-state index in [0.29, 0.717) is 12.6 Å². The van der Waals surface area contributed by atoms with Gasteiger partial charge in [-0.2, -0.15) is 0 Å². The third-order valence-corrected chi connectivity index (χ3v) is 4.75. The Morgan fingerprint density at radius 2 is 2.08 bits per heavy atom. The zero-order valence-corrected chi connectivity index (χ0v) is 15.1. The van der Waals surface area contributed by atoms with E-state index < -0.39 is 0 Å². The highest BCUT2D eigenvalue weighted by molar-refractivity contribution is 5.82. The standard InChI is InChI=1S/C17H31N3O4/c1-13-11-20(12-15(13)16(21)22-3)17(18-2)19-7-4-8-24-14-5-9-23-10-6-14/h13-15H,4-12H2,1-3H3,(H,18,19). The molecule has 0 bridgehead atoms. The summed E-state index contributed by atoms with van der Waals surface area (Å²) in [6.45, 7) is 6.73. The van der Waals surface area contributed by atoms with Gasteiger partial charge in [0.15, 0.2) is 5.96 Å². The van der Waals surface area contributed by atoms with Crippen LogP contribution in [0.2, 0.25) is 0 Å². The van der Waals surface area contributed by atoms with Crippen molar-refractivity contribution in [2.24, 2.45) is 16.8 Å². The molecule has 0 aromatic carbocycles. The molecule has 0 radical (unpaired) electrons. The maximum Gasteiger partial charge on any atom is 0.310 e. The van der Waals surface area contributed by atoms with Crippen LogP contribution in [0, 0.1) is 11.8 Å². The Hall–Kier alpha value is -1.34. The molecule has 0 aliphatic carbocycles. The summed E-state index contributed by atoms with van der Waals surface area (Å²) >= 11 is 0. The van der Waals surface area contributed by atoms with Gasteiger partial charge in [-0.05, 0) is 25.2 Å². The number of methoxy groups -OCH3 is 1. The van der Waals surface area contributed by atoms with E-state index in [9.17, 15) is 4.79 Å². The molecule has 0 amide bonds. The van der Waals surface area contributed by atoms with E-state index in [0.717, 1.165) is 58.1 Å². The lowest BCUT2D eigenvalue weighted by Gasteiger charge is -2.23. The highest BCUT2D eigenvalue weighted by Crippen LogP contribution is 2.24. The molecular weight excluding hydrogens is 310 g/mol. The van der Waals surface area contributed by atoms with Crippen molar-refractivity contribution < 1.29 is 19.0 Å². The van der Waals surface area contributed by atoms with Crippen molar-refractivity contribution in [3.8, 4) is 0 Å². The van der Waals surface area contributed by atoms with Crippen molar-refractivity contribution in [1.29, 1.82) is 0 Å². The predicted octanol–water partition coefficient (Wildman–Crippen LogP) is 0.888. The van der Waals surface area contributed by atoms with E-state index in [1.165, 1.54) is 7.11 Å². The van der Waals surface area contributed by atoms with Crippen molar-refractivity contribution in [2.75, 3.05) is 53.6 Å². The number of ether oxygens (including phenoxy) is 3. The van der Waals surface area contributed by atoms with Gasteiger partial charge in [0.05, 0.1) is 19.1 Å². The molecule has 1 N–H and O–H groups in total. The Labute approximate surface area is 144 Å². The molecule has 7 nitrogen and oxygen atoms in total. The zero-order chi connectivity index (χ0) is 17.4. The number of nitrogens with zero attached hydrogens (tertiary/aromatic N) is 2. The number of nitrogens with one attached hydrogen (secondary N) is 1. The Bertz CT molecular complexity index is 424. The van der Waals surface area contributed by atoms with Crippen LogP contribution in [0.3, 0.4) is 0 Å². The predicted molar refractivity (Wildman–Crippen MR) is 92.0 cm³/mol. The van der Waals surface area contributed by atoms with Crippen LogP contribution < -0.4 is 5.32 Å². The van der Waals surface area contributed by atoms with Gasteiger partial charge in [0.25, 0.3) is 0 Å². The molecule has 0 spiro atoms. The number of carbonyl (C=O) groups excluding carboxylic acids is 1. The number of esters is 1. The van der Waals surface area contributed by atoms with Crippen LogP contribution in [-0.4, -0.2) is 76.5 Å². The molecule has 7 heteroatoms. The number of rotatable bonds is 6. The minimum absolute atomic E-state index is 0.0783. The first-order valence-corrected chi connectivity index (χ1v) is 8.88. The fourth-order valence-electron chi connectivity index (χ4n) is 3.30. The Balaban J connectivity index is 1.66. The number of hydrogen-bond donors (Lipinski definition) is 1. The topological polar surface area (TPSA) is 72.4 Å². The van der Waals surface area contributed by atoms with E-state index in [2.05, 4.69) is 22.1 Å². The van der Waals surface area contributed by atoms with Crippen LogP contribution in [0.1, 0.15) is 26.2 Å². The monoisotopic (exact) mass is 341 g/mol. The second-order valence-electron chi connectivity index (χ2n) is 6.52. The van der Waals surface area contributed by atoms with Crippen LogP contribution >= 0.6 is 0 Å². The van der Waals surface area contributed by atoms with Crippen molar-refractivity contribution in [1.82, 2.24) is 10.2 Å². The van der Waals surface area contributed by atoms with Gasteiger partial charge in [0, 0.05) is 46.5 Å². The third-order valence-electron chi connectivity index (χ3n) is 4.75. The summed E-state index contributed by atoms with van der Waals surface area (Å²) in [5, 5.41) is 3.37. The highest BCUT2D eigenvalue weighted by Gasteiger charge is 2.36. The molecule has 2 atom stereocenters. The summed E-state index contributed by atoms with van der Waals surface area (Å²) in [5.41, 5.74) is 0. The molecule has 0 aromatic heterocycles. The quantitative estimate of drug-likeness (QED) is 0.335.